The quantitative estimate of drug-likeness (QED) is 0.321. The molecule has 1 aromatic rings. The van der Waals surface area contributed by atoms with Crippen molar-refractivity contribution in [3.05, 3.63) is 30.1 Å². The molecule has 2 rings (SSSR count). The molecule has 0 unspecified atom stereocenters. The summed E-state index contributed by atoms with van der Waals surface area (Å²) in [5, 5.41) is 6.42. The van der Waals surface area contributed by atoms with Gasteiger partial charge in [-0.3, -0.25) is 4.79 Å². The summed E-state index contributed by atoms with van der Waals surface area (Å²) in [4.78, 5) is 19.4. The first-order valence-corrected chi connectivity index (χ1v) is 9.86. The highest BCUT2D eigenvalue weighted by Crippen LogP contribution is 2.18. The Balaban J connectivity index is 1.66. The average Bonchev–Trinajstić information content (AvgIpc) is 3.15. The molecule has 0 saturated carbocycles. The molecule has 0 bridgehead atoms. The van der Waals surface area contributed by atoms with Gasteiger partial charge in [-0.1, -0.05) is 0 Å². The van der Waals surface area contributed by atoms with Crippen LogP contribution in [-0.2, 0) is 4.79 Å². The van der Waals surface area contributed by atoms with Crippen LogP contribution >= 0.6 is 11.8 Å². The second-order valence-electron chi connectivity index (χ2n) is 5.87. The van der Waals surface area contributed by atoms with Crippen LogP contribution in [0.15, 0.2) is 34.2 Å². The highest BCUT2D eigenvalue weighted by molar-refractivity contribution is 7.99. The van der Waals surface area contributed by atoms with Crippen LogP contribution in [0.2, 0.25) is 0 Å². The molecule has 0 aromatic heterocycles. The van der Waals surface area contributed by atoms with Gasteiger partial charge in [0.05, 0.1) is 0 Å². The van der Waals surface area contributed by atoms with Crippen molar-refractivity contribution in [2.45, 2.75) is 31.1 Å². The van der Waals surface area contributed by atoms with Crippen LogP contribution in [0, 0.1) is 5.82 Å². The molecule has 1 aliphatic heterocycles. The van der Waals surface area contributed by atoms with E-state index in [9.17, 15) is 9.18 Å². The highest BCUT2D eigenvalue weighted by atomic mass is 32.2. The zero-order valence-corrected chi connectivity index (χ0v) is 15.6. The summed E-state index contributed by atoms with van der Waals surface area (Å²) in [6, 6.07) is 6.55. The van der Waals surface area contributed by atoms with Crippen LogP contribution in [0.25, 0.3) is 0 Å². The van der Waals surface area contributed by atoms with Gasteiger partial charge in [0.15, 0.2) is 5.96 Å². The van der Waals surface area contributed by atoms with E-state index in [0.717, 1.165) is 56.1 Å². The maximum absolute atomic E-state index is 12.9. The second-order valence-corrected chi connectivity index (χ2v) is 7.03. The Labute approximate surface area is 153 Å². The number of likely N-dealkylation sites (tertiary alicyclic amines) is 1. The Morgan fingerprint density at radius 3 is 2.64 bits per heavy atom. The lowest BCUT2D eigenvalue weighted by molar-refractivity contribution is -0.128. The van der Waals surface area contributed by atoms with E-state index in [4.69, 9.17) is 0 Å². The van der Waals surface area contributed by atoms with Gasteiger partial charge in [-0.05, 0) is 56.2 Å². The summed E-state index contributed by atoms with van der Waals surface area (Å²) < 4.78 is 12.9. The van der Waals surface area contributed by atoms with Gasteiger partial charge in [0, 0.05) is 31.1 Å². The minimum atomic E-state index is -0.207. The number of nitrogens with zero attached hydrogens (tertiary/aromatic N) is 2. The third-order valence-corrected chi connectivity index (χ3v) is 4.97. The molecule has 1 saturated heterocycles. The molecule has 1 fully saturated rings. The van der Waals surface area contributed by atoms with Crippen molar-refractivity contribution in [3.8, 4) is 0 Å². The number of guanidine groups is 1. The van der Waals surface area contributed by atoms with Crippen LogP contribution in [-0.4, -0.2) is 55.2 Å². The Kier molecular flexibility index (Phi) is 8.59. The van der Waals surface area contributed by atoms with Gasteiger partial charge in [-0.2, -0.15) is 0 Å². The summed E-state index contributed by atoms with van der Waals surface area (Å²) in [6.07, 6.45) is 3.14. The molecule has 1 amide bonds. The number of carbonyl (C=O) groups is 1. The van der Waals surface area contributed by atoms with E-state index in [-0.39, 0.29) is 18.3 Å². The van der Waals surface area contributed by atoms with Crippen LogP contribution in [0.1, 0.15) is 26.2 Å². The molecule has 1 aromatic carbocycles. The van der Waals surface area contributed by atoms with Gasteiger partial charge >= 0.3 is 0 Å². The molecule has 0 radical (unpaired) electrons. The largest absolute Gasteiger partial charge is 0.357 e. The topological polar surface area (TPSA) is 56.7 Å². The number of benzene rings is 1. The number of halogens is 1. The third kappa shape index (κ3) is 7.34. The lowest BCUT2D eigenvalue weighted by Gasteiger charge is -2.15. The Morgan fingerprint density at radius 1 is 1.24 bits per heavy atom. The number of carbonyl (C=O) groups excluding carboxylic acids is 1. The summed E-state index contributed by atoms with van der Waals surface area (Å²) >= 11 is 1.70. The van der Waals surface area contributed by atoms with Crippen molar-refractivity contribution in [3.63, 3.8) is 0 Å². The minimum absolute atomic E-state index is 0.0987. The average molecular weight is 367 g/mol. The molecule has 1 aliphatic rings. The van der Waals surface area contributed by atoms with E-state index in [1.807, 2.05) is 11.8 Å². The lowest BCUT2D eigenvalue weighted by atomic mass is 10.4. The fourth-order valence-electron chi connectivity index (χ4n) is 2.55. The number of thioether (sulfide) groups is 1. The Morgan fingerprint density at radius 2 is 1.96 bits per heavy atom. The fourth-order valence-corrected chi connectivity index (χ4v) is 3.41. The van der Waals surface area contributed by atoms with Crippen molar-refractivity contribution in [2.75, 3.05) is 38.5 Å². The summed E-state index contributed by atoms with van der Waals surface area (Å²) in [6.45, 7) is 5.45. The molecule has 138 valence electrons. The number of rotatable bonds is 8. The van der Waals surface area contributed by atoms with E-state index in [0.29, 0.717) is 5.96 Å². The van der Waals surface area contributed by atoms with E-state index in [1.165, 1.54) is 12.1 Å². The zero-order chi connectivity index (χ0) is 17.9. The maximum atomic E-state index is 12.9. The third-order valence-electron chi connectivity index (χ3n) is 3.87. The summed E-state index contributed by atoms with van der Waals surface area (Å²) in [5.41, 5.74) is 0. The van der Waals surface area contributed by atoms with Gasteiger partial charge in [-0.15, -0.1) is 11.8 Å². The predicted octanol–water partition coefficient (Wildman–Crippen LogP) is 2.49. The number of nitrogens with one attached hydrogen (secondary N) is 2. The SMILES string of the molecule is CCNC(=NCC(=O)N1CCCC1)NCCCSc1ccc(F)cc1. The van der Waals surface area contributed by atoms with Crippen molar-refractivity contribution in [1.82, 2.24) is 15.5 Å². The van der Waals surface area contributed by atoms with Gasteiger partial charge in [0.2, 0.25) is 5.91 Å². The van der Waals surface area contributed by atoms with Gasteiger partial charge < -0.3 is 15.5 Å². The molecule has 0 spiro atoms. The Hall–Kier alpha value is -1.76. The van der Waals surface area contributed by atoms with Crippen molar-refractivity contribution in [2.24, 2.45) is 4.99 Å². The molecule has 5 nitrogen and oxygen atoms in total. The van der Waals surface area contributed by atoms with Gasteiger partial charge in [0.25, 0.3) is 0 Å². The zero-order valence-electron chi connectivity index (χ0n) is 14.8. The molecule has 0 aliphatic carbocycles. The standard InChI is InChI=1S/C18H27FN4OS/c1-2-20-18(22-14-17(24)23-11-3-4-12-23)21-10-5-13-25-16-8-6-15(19)7-9-16/h6-9H,2-5,10-14H2,1H3,(H2,20,21,22). The van der Waals surface area contributed by atoms with Gasteiger partial charge in [-0.25, -0.2) is 9.38 Å². The number of hydrogen-bond acceptors (Lipinski definition) is 3. The highest BCUT2D eigenvalue weighted by Gasteiger charge is 2.17. The molecule has 1 heterocycles. The maximum Gasteiger partial charge on any atom is 0.244 e. The van der Waals surface area contributed by atoms with Crippen LogP contribution < -0.4 is 10.6 Å². The minimum Gasteiger partial charge on any atom is -0.357 e. The van der Waals surface area contributed by atoms with E-state index < -0.39 is 0 Å². The van der Waals surface area contributed by atoms with E-state index in [2.05, 4.69) is 15.6 Å². The number of amides is 1. The van der Waals surface area contributed by atoms with Crippen molar-refractivity contribution in [1.29, 1.82) is 0 Å². The Bertz CT molecular complexity index is 559. The first-order chi connectivity index (χ1) is 12.2. The number of aliphatic imine (C=N–C) groups is 1. The second kappa shape index (κ2) is 11.0. The van der Waals surface area contributed by atoms with Crippen LogP contribution in [0.3, 0.4) is 0 Å². The van der Waals surface area contributed by atoms with Gasteiger partial charge in [0.1, 0.15) is 12.4 Å². The van der Waals surface area contributed by atoms with Crippen LogP contribution in [0.4, 0.5) is 4.39 Å². The monoisotopic (exact) mass is 366 g/mol. The molecule has 0 atom stereocenters. The number of hydrogen-bond donors (Lipinski definition) is 2. The molecule has 2 N–H and O–H groups in total. The first kappa shape index (κ1) is 19.6. The smallest absolute Gasteiger partial charge is 0.244 e. The van der Waals surface area contributed by atoms with Crippen molar-refractivity contribution >= 4 is 23.6 Å². The van der Waals surface area contributed by atoms with E-state index >= 15 is 0 Å². The fraction of sp³-hybridized carbons (Fsp3) is 0.556. The molecule has 7 heteroatoms. The van der Waals surface area contributed by atoms with Crippen LogP contribution in [0.5, 0.6) is 0 Å². The molecular weight excluding hydrogens is 339 g/mol. The predicted molar refractivity (Wildman–Crippen MR) is 102 cm³/mol. The molecular formula is C18H27FN4OS. The van der Waals surface area contributed by atoms with E-state index in [1.54, 1.807) is 23.9 Å². The lowest BCUT2D eigenvalue weighted by Crippen LogP contribution is -2.39. The summed E-state index contributed by atoms with van der Waals surface area (Å²) in [5.74, 6) is 1.51. The molecule has 25 heavy (non-hydrogen) atoms. The normalized spacial score (nSPS) is 14.6. The summed E-state index contributed by atoms with van der Waals surface area (Å²) in [7, 11) is 0. The first-order valence-electron chi connectivity index (χ1n) is 8.87. The van der Waals surface area contributed by atoms with Crippen molar-refractivity contribution < 1.29 is 9.18 Å².